The van der Waals surface area contributed by atoms with E-state index in [-0.39, 0.29) is 17.9 Å². The van der Waals surface area contributed by atoms with E-state index in [2.05, 4.69) is 49.6 Å². The van der Waals surface area contributed by atoms with E-state index < -0.39 is 0 Å². The summed E-state index contributed by atoms with van der Waals surface area (Å²) in [7, 11) is 0. The second-order valence-electron chi connectivity index (χ2n) is 10.8. The van der Waals surface area contributed by atoms with Crippen molar-refractivity contribution < 1.29 is 19.1 Å². The number of esters is 1. The van der Waals surface area contributed by atoms with Crippen molar-refractivity contribution in [2.45, 2.75) is 72.4 Å². The maximum absolute atomic E-state index is 13.6. The van der Waals surface area contributed by atoms with Crippen molar-refractivity contribution in [3.63, 3.8) is 0 Å². The van der Waals surface area contributed by atoms with Gasteiger partial charge in [-0.25, -0.2) is 0 Å². The molecule has 3 aromatic carbocycles. The molecule has 210 valence electrons. The molecule has 4 aromatic rings. The molecule has 40 heavy (non-hydrogen) atoms. The third kappa shape index (κ3) is 7.41. The first-order chi connectivity index (χ1) is 19.4. The predicted molar refractivity (Wildman–Crippen MR) is 161 cm³/mol. The number of nitrogens with zero attached hydrogens (tertiary/aromatic N) is 1. The number of carbonyl (C=O) groups is 2. The summed E-state index contributed by atoms with van der Waals surface area (Å²) in [4.78, 5) is 25.3. The summed E-state index contributed by atoms with van der Waals surface area (Å²) in [6, 6.07) is 24.1. The second kappa shape index (κ2) is 14.0. The number of ether oxygens (including phenoxy) is 2. The quantitative estimate of drug-likeness (QED) is 0.119. The van der Waals surface area contributed by atoms with Gasteiger partial charge in [0.1, 0.15) is 11.9 Å². The molecule has 0 amide bonds. The minimum Gasteiger partial charge on any atom is -0.486 e. The summed E-state index contributed by atoms with van der Waals surface area (Å²) < 4.78 is 13.5. The fourth-order valence-corrected chi connectivity index (χ4v) is 5.14. The zero-order valence-electron chi connectivity index (χ0n) is 24.2. The van der Waals surface area contributed by atoms with Crippen molar-refractivity contribution in [3.8, 4) is 5.75 Å². The van der Waals surface area contributed by atoms with Gasteiger partial charge in [-0.2, -0.15) is 0 Å². The Bertz CT molecular complexity index is 1400. The van der Waals surface area contributed by atoms with Gasteiger partial charge in [0.2, 0.25) is 0 Å². The van der Waals surface area contributed by atoms with Gasteiger partial charge in [0, 0.05) is 41.2 Å². The van der Waals surface area contributed by atoms with Crippen LogP contribution in [-0.2, 0) is 22.5 Å². The predicted octanol–water partition coefficient (Wildman–Crippen LogP) is 8.33. The van der Waals surface area contributed by atoms with Gasteiger partial charge in [-0.1, -0.05) is 69.7 Å². The van der Waals surface area contributed by atoms with Gasteiger partial charge in [-0.15, -0.1) is 0 Å². The van der Waals surface area contributed by atoms with E-state index in [1.54, 1.807) is 0 Å². The number of ketones is 1. The van der Waals surface area contributed by atoms with Crippen LogP contribution in [0.3, 0.4) is 0 Å². The summed E-state index contributed by atoms with van der Waals surface area (Å²) in [6.07, 6.45) is 5.87. The number of rotatable bonds is 14. The summed E-state index contributed by atoms with van der Waals surface area (Å²) in [6.45, 7) is 9.47. The molecule has 5 nitrogen and oxygen atoms in total. The van der Waals surface area contributed by atoms with Crippen LogP contribution in [0.2, 0.25) is 0 Å². The van der Waals surface area contributed by atoms with E-state index in [1.165, 1.54) is 11.1 Å². The van der Waals surface area contributed by atoms with Crippen molar-refractivity contribution in [1.29, 1.82) is 0 Å². The molecular weight excluding hydrogens is 498 g/mol. The zero-order chi connectivity index (χ0) is 28.5. The molecule has 0 aliphatic carbocycles. The molecule has 0 N–H and O–H groups in total. The van der Waals surface area contributed by atoms with E-state index in [0.717, 1.165) is 35.9 Å². The van der Waals surface area contributed by atoms with Crippen LogP contribution in [0.25, 0.3) is 10.9 Å². The van der Waals surface area contributed by atoms with Gasteiger partial charge >= 0.3 is 5.97 Å². The molecule has 0 spiro atoms. The molecule has 0 saturated heterocycles. The fourth-order valence-electron chi connectivity index (χ4n) is 5.14. The summed E-state index contributed by atoms with van der Waals surface area (Å²) in [5.74, 6) is 1.16. The van der Waals surface area contributed by atoms with Crippen LogP contribution in [0.5, 0.6) is 5.75 Å². The minimum absolute atomic E-state index is 0.0299. The molecule has 0 bridgehead atoms. The lowest BCUT2D eigenvalue weighted by Crippen LogP contribution is -2.08. The van der Waals surface area contributed by atoms with Gasteiger partial charge in [0.15, 0.2) is 5.78 Å². The Morgan fingerprint density at radius 1 is 0.900 bits per heavy atom. The van der Waals surface area contributed by atoms with Crippen LogP contribution in [0.4, 0.5) is 0 Å². The number of hydrogen-bond acceptors (Lipinski definition) is 4. The lowest BCUT2D eigenvalue weighted by atomic mass is 9.99. The van der Waals surface area contributed by atoms with Crippen LogP contribution in [-0.4, -0.2) is 22.9 Å². The van der Waals surface area contributed by atoms with Gasteiger partial charge in [0.25, 0.3) is 0 Å². The van der Waals surface area contributed by atoms with Crippen LogP contribution in [0, 0.1) is 5.92 Å². The number of aromatic nitrogens is 1. The van der Waals surface area contributed by atoms with Gasteiger partial charge in [0.05, 0.1) is 6.61 Å². The molecule has 5 heteroatoms. The van der Waals surface area contributed by atoms with Gasteiger partial charge < -0.3 is 14.0 Å². The highest BCUT2D eigenvalue weighted by Crippen LogP contribution is 2.29. The monoisotopic (exact) mass is 539 g/mol. The van der Waals surface area contributed by atoms with E-state index >= 15 is 0 Å². The first-order valence-corrected chi connectivity index (χ1v) is 14.5. The third-order valence-corrected chi connectivity index (χ3v) is 7.06. The molecule has 0 saturated carbocycles. The molecule has 1 heterocycles. The first-order valence-electron chi connectivity index (χ1n) is 14.5. The van der Waals surface area contributed by atoms with Crippen molar-refractivity contribution in [2.75, 3.05) is 6.61 Å². The average molecular weight is 540 g/mol. The zero-order valence-corrected chi connectivity index (χ0v) is 24.2. The second-order valence-corrected chi connectivity index (χ2v) is 10.8. The lowest BCUT2D eigenvalue weighted by molar-refractivity contribution is -0.143. The Kier molecular flexibility index (Phi) is 10.2. The smallest absolute Gasteiger partial charge is 0.305 e. The highest BCUT2D eigenvalue weighted by molar-refractivity contribution is 6.16. The van der Waals surface area contributed by atoms with E-state index in [0.29, 0.717) is 43.0 Å². The van der Waals surface area contributed by atoms with Crippen LogP contribution in [0.15, 0.2) is 79.0 Å². The number of carbonyl (C=O) groups excluding carboxylic acids is 2. The Labute approximate surface area is 238 Å². The largest absolute Gasteiger partial charge is 0.486 e. The fraction of sp³-hybridized carbons (Fsp3) is 0.371. The first kappa shape index (κ1) is 29.1. The standard InChI is InChI=1S/C35H41NO4/c1-5-10-33(27-16-14-26(15-17-27)23-25(3)4)40-29-20-18-28(19-21-29)35(38)31-24-36(22-9-13-34(37)39-6-2)32-12-8-7-11-30(31)32/h7-8,11-12,14-21,24-25,33H,5-6,9-10,13,22-23H2,1-4H3. The molecule has 1 atom stereocenters. The van der Waals surface area contributed by atoms with E-state index in [1.807, 2.05) is 61.7 Å². The van der Waals surface area contributed by atoms with Gasteiger partial charge in [-0.05, 0) is 73.6 Å². The minimum atomic E-state index is -0.193. The molecule has 0 fully saturated rings. The molecule has 1 unspecified atom stereocenters. The molecule has 1 aromatic heterocycles. The van der Waals surface area contributed by atoms with Crippen LogP contribution in [0.1, 0.15) is 86.5 Å². The van der Waals surface area contributed by atoms with Crippen molar-refractivity contribution in [3.05, 3.63) is 101 Å². The Hall–Kier alpha value is -3.86. The maximum Gasteiger partial charge on any atom is 0.305 e. The Morgan fingerprint density at radius 2 is 1.62 bits per heavy atom. The molecular formula is C35H41NO4. The number of para-hydroxylation sites is 1. The van der Waals surface area contributed by atoms with E-state index in [4.69, 9.17) is 9.47 Å². The molecule has 0 radical (unpaired) electrons. The Balaban J connectivity index is 1.48. The van der Waals surface area contributed by atoms with E-state index in [9.17, 15) is 9.59 Å². The number of benzene rings is 3. The number of fused-ring (bicyclic) bond motifs is 1. The highest BCUT2D eigenvalue weighted by atomic mass is 16.5. The SMILES string of the molecule is CCCC(Oc1ccc(C(=O)c2cn(CCCC(=O)OCC)c3ccccc23)cc1)c1ccc(CC(C)C)cc1. The van der Waals surface area contributed by atoms with Crippen molar-refractivity contribution in [1.82, 2.24) is 4.57 Å². The average Bonchev–Trinajstić information content (AvgIpc) is 3.32. The highest BCUT2D eigenvalue weighted by Gasteiger charge is 2.18. The maximum atomic E-state index is 13.6. The number of aryl methyl sites for hydroxylation is 1. The lowest BCUT2D eigenvalue weighted by Gasteiger charge is -2.20. The van der Waals surface area contributed by atoms with Crippen molar-refractivity contribution >= 4 is 22.7 Å². The summed E-state index contributed by atoms with van der Waals surface area (Å²) >= 11 is 0. The van der Waals surface area contributed by atoms with Crippen molar-refractivity contribution in [2.24, 2.45) is 5.92 Å². The van der Waals surface area contributed by atoms with Crippen LogP contribution < -0.4 is 4.74 Å². The Morgan fingerprint density at radius 3 is 2.30 bits per heavy atom. The molecule has 4 rings (SSSR count). The number of hydrogen-bond donors (Lipinski definition) is 0. The molecule has 0 aliphatic rings. The normalized spacial score (nSPS) is 12.0. The third-order valence-electron chi connectivity index (χ3n) is 7.06. The molecule has 0 aliphatic heterocycles. The topological polar surface area (TPSA) is 57.5 Å². The summed E-state index contributed by atoms with van der Waals surface area (Å²) in [5, 5.41) is 0.910. The summed E-state index contributed by atoms with van der Waals surface area (Å²) in [5.41, 5.74) is 4.77. The van der Waals surface area contributed by atoms with Crippen LogP contribution >= 0.6 is 0 Å². The van der Waals surface area contributed by atoms with Gasteiger partial charge in [-0.3, -0.25) is 9.59 Å².